The van der Waals surface area contributed by atoms with Crippen LogP contribution in [-0.2, 0) is 0 Å². The van der Waals surface area contributed by atoms with Gasteiger partial charge in [-0.1, -0.05) is 54.5 Å². The first-order chi connectivity index (χ1) is 17.1. The predicted molar refractivity (Wildman–Crippen MR) is 139 cm³/mol. The summed E-state index contributed by atoms with van der Waals surface area (Å²) in [4.78, 5) is 17.6. The van der Waals surface area contributed by atoms with E-state index in [0.717, 1.165) is 53.8 Å². The lowest BCUT2D eigenvalue weighted by atomic mass is 9.73. The highest BCUT2D eigenvalue weighted by molar-refractivity contribution is 5.99. The molecule has 1 spiro atoms. The summed E-state index contributed by atoms with van der Waals surface area (Å²) in [5, 5.41) is 8.38. The van der Waals surface area contributed by atoms with Crippen molar-refractivity contribution in [2.24, 2.45) is 5.41 Å². The zero-order valence-electron chi connectivity index (χ0n) is 19.9. The average Bonchev–Trinajstić information content (AvgIpc) is 3.28. The molecule has 2 fully saturated rings. The molecule has 174 valence electrons. The van der Waals surface area contributed by atoms with Gasteiger partial charge in [0.15, 0.2) is 0 Å². The number of amides is 1. The zero-order chi connectivity index (χ0) is 23.8. The van der Waals surface area contributed by atoms with E-state index >= 15 is 0 Å². The van der Waals surface area contributed by atoms with Crippen molar-refractivity contribution in [3.8, 4) is 23.0 Å². The van der Waals surface area contributed by atoms with E-state index < -0.39 is 0 Å². The lowest BCUT2D eigenvalue weighted by molar-refractivity contribution is -0.0337. The van der Waals surface area contributed by atoms with Gasteiger partial charge in [0.2, 0.25) is 0 Å². The minimum Gasteiger partial charge on any atom is -0.337 e. The molecule has 2 aliphatic rings. The Bertz CT molecular complexity index is 1450. The molecule has 6 rings (SSSR count). The Morgan fingerprint density at radius 2 is 1.77 bits per heavy atom. The van der Waals surface area contributed by atoms with Gasteiger partial charge in [0.05, 0.1) is 5.52 Å². The number of carbonyl (C=O) groups excluding carboxylic acids is 1. The van der Waals surface area contributed by atoms with Crippen molar-refractivity contribution < 1.29 is 4.79 Å². The summed E-state index contributed by atoms with van der Waals surface area (Å²) in [7, 11) is 2.18. The monoisotopic (exact) mass is 460 g/mol. The molecule has 0 aliphatic carbocycles. The van der Waals surface area contributed by atoms with Crippen LogP contribution in [0.2, 0.25) is 0 Å². The predicted octanol–water partition coefficient (Wildman–Crippen LogP) is 4.80. The largest absolute Gasteiger partial charge is 0.337 e. The molecule has 0 radical (unpaired) electrons. The summed E-state index contributed by atoms with van der Waals surface area (Å²) in [5.74, 6) is 6.65. The molecular formula is C30H28N4O. The Balaban J connectivity index is 1.26. The molecule has 4 aromatic rings. The molecule has 0 unspecified atom stereocenters. The summed E-state index contributed by atoms with van der Waals surface area (Å²) in [6.07, 6.45) is 2.43. The third kappa shape index (κ3) is 4.11. The van der Waals surface area contributed by atoms with Gasteiger partial charge in [-0.2, -0.15) is 5.10 Å². The number of benzene rings is 3. The summed E-state index contributed by atoms with van der Waals surface area (Å²) in [6.45, 7) is 3.94. The van der Waals surface area contributed by atoms with Crippen LogP contribution in [0.1, 0.15) is 34.5 Å². The number of aromatic nitrogens is 2. The van der Waals surface area contributed by atoms with E-state index in [9.17, 15) is 4.79 Å². The standard InChI is InChI=1S/C30H28N4O/c1-33-17-7-16-30(19-33)20-34(21-30)29(35)24-13-15-28-26(18-24)27(31-32-28)14-12-23-10-5-6-11-25(23)22-8-3-2-4-9-22/h2-6,8-11,13,15,18H,7,16-17,19-21H2,1H3,(H,31,32). The van der Waals surface area contributed by atoms with E-state index in [2.05, 4.69) is 52.2 Å². The van der Waals surface area contributed by atoms with Crippen molar-refractivity contribution in [1.82, 2.24) is 20.0 Å². The Morgan fingerprint density at radius 1 is 0.971 bits per heavy atom. The molecule has 5 heteroatoms. The van der Waals surface area contributed by atoms with Crippen molar-refractivity contribution in [2.45, 2.75) is 12.8 Å². The van der Waals surface area contributed by atoms with Gasteiger partial charge in [-0.3, -0.25) is 9.89 Å². The summed E-state index contributed by atoms with van der Waals surface area (Å²) in [6, 6.07) is 24.2. The minimum atomic E-state index is 0.0975. The van der Waals surface area contributed by atoms with Gasteiger partial charge in [0.25, 0.3) is 5.91 Å². The maximum absolute atomic E-state index is 13.2. The molecule has 3 aromatic carbocycles. The Hall–Kier alpha value is -3.88. The van der Waals surface area contributed by atoms with Crippen LogP contribution in [0.25, 0.3) is 22.0 Å². The third-order valence-electron chi connectivity index (χ3n) is 7.33. The summed E-state index contributed by atoms with van der Waals surface area (Å²) in [5.41, 5.74) is 5.70. The van der Waals surface area contributed by atoms with Gasteiger partial charge >= 0.3 is 0 Å². The van der Waals surface area contributed by atoms with Crippen LogP contribution in [0.4, 0.5) is 0 Å². The van der Waals surface area contributed by atoms with Gasteiger partial charge in [0.1, 0.15) is 5.69 Å². The van der Waals surface area contributed by atoms with Crippen LogP contribution in [0.15, 0.2) is 72.8 Å². The Morgan fingerprint density at radius 3 is 2.60 bits per heavy atom. The fourth-order valence-electron chi connectivity index (χ4n) is 5.63. The van der Waals surface area contributed by atoms with Crippen LogP contribution >= 0.6 is 0 Å². The number of nitrogens with one attached hydrogen (secondary N) is 1. The van der Waals surface area contributed by atoms with Gasteiger partial charge < -0.3 is 9.80 Å². The summed E-state index contributed by atoms with van der Waals surface area (Å²) >= 11 is 0. The molecule has 1 amide bonds. The van der Waals surface area contributed by atoms with E-state index in [4.69, 9.17) is 0 Å². The van der Waals surface area contributed by atoms with Crippen LogP contribution in [-0.4, -0.2) is 59.1 Å². The van der Waals surface area contributed by atoms with Gasteiger partial charge in [-0.25, -0.2) is 0 Å². The first-order valence-corrected chi connectivity index (χ1v) is 12.2. The number of hydrogen-bond acceptors (Lipinski definition) is 3. The molecule has 2 saturated heterocycles. The molecule has 0 saturated carbocycles. The second-order valence-corrected chi connectivity index (χ2v) is 10.00. The van der Waals surface area contributed by atoms with Gasteiger partial charge in [-0.15, -0.1) is 0 Å². The molecule has 0 bridgehead atoms. The molecule has 5 nitrogen and oxygen atoms in total. The van der Waals surface area contributed by atoms with Crippen LogP contribution < -0.4 is 0 Å². The van der Waals surface area contributed by atoms with Crippen molar-refractivity contribution in [2.75, 3.05) is 33.2 Å². The topological polar surface area (TPSA) is 52.2 Å². The number of aromatic amines is 1. The maximum Gasteiger partial charge on any atom is 0.253 e. The highest BCUT2D eigenvalue weighted by atomic mass is 16.2. The van der Waals surface area contributed by atoms with Gasteiger partial charge in [-0.05, 0) is 67.7 Å². The van der Waals surface area contributed by atoms with E-state index in [-0.39, 0.29) is 11.3 Å². The Labute approximate surface area is 205 Å². The number of fused-ring (bicyclic) bond motifs is 1. The quantitative estimate of drug-likeness (QED) is 0.438. The second-order valence-electron chi connectivity index (χ2n) is 10.00. The van der Waals surface area contributed by atoms with Crippen LogP contribution in [0.3, 0.4) is 0 Å². The molecule has 0 atom stereocenters. The van der Waals surface area contributed by atoms with Gasteiger partial charge in [0, 0.05) is 41.6 Å². The zero-order valence-corrected chi connectivity index (χ0v) is 19.9. The minimum absolute atomic E-state index is 0.0975. The highest BCUT2D eigenvalue weighted by Gasteiger charge is 2.46. The van der Waals surface area contributed by atoms with Crippen molar-refractivity contribution >= 4 is 16.8 Å². The normalized spacial score (nSPS) is 17.1. The number of H-pyrrole nitrogens is 1. The fraction of sp³-hybridized carbons (Fsp3) is 0.267. The number of piperidine rings is 1. The van der Waals surface area contributed by atoms with E-state index in [0.29, 0.717) is 11.3 Å². The molecule has 1 N–H and O–H groups in total. The molecular weight excluding hydrogens is 432 g/mol. The second kappa shape index (κ2) is 8.72. The van der Waals surface area contributed by atoms with E-state index in [1.165, 1.54) is 12.8 Å². The van der Waals surface area contributed by atoms with E-state index in [1.54, 1.807) is 0 Å². The van der Waals surface area contributed by atoms with E-state index in [1.807, 2.05) is 59.5 Å². The first-order valence-electron chi connectivity index (χ1n) is 12.2. The van der Waals surface area contributed by atoms with Crippen molar-refractivity contribution in [3.05, 3.63) is 89.6 Å². The Kier molecular flexibility index (Phi) is 5.39. The number of hydrogen-bond donors (Lipinski definition) is 1. The number of carbonyl (C=O) groups is 1. The average molecular weight is 461 g/mol. The van der Waals surface area contributed by atoms with Crippen molar-refractivity contribution in [3.63, 3.8) is 0 Å². The lowest BCUT2D eigenvalue weighted by Crippen LogP contribution is -2.63. The maximum atomic E-state index is 13.2. The highest BCUT2D eigenvalue weighted by Crippen LogP contribution is 2.39. The molecule has 2 aliphatic heterocycles. The molecule has 3 heterocycles. The smallest absolute Gasteiger partial charge is 0.253 e. The fourth-order valence-corrected chi connectivity index (χ4v) is 5.63. The SMILES string of the molecule is CN1CCCC2(C1)CN(C(=O)c1ccc3[nH]nc(C#Cc4ccccc4-c4ccccc4)c3c1)C2. The number of rotatable bonds is 2. The molecule has 35 heavy (non-hydrogen) atoms. The third-order valence-corrected chi connectivity index (χ3v) is 7.33. The first kappa shape index (κ1) is 21.6. The van der Waals surface area contributed by atoms with Crippen LogP contribution in [0.5, 0.6) is 0 Å². The number of likely N-dealkylation sites (tertiary alicyclic amines) is 2. The van der Waals surface area contributed by atoms with Crippen molar-refractivity contribution in [1.29, 1.82) is 0 Å². The van der Waals surface area contributed by atoms with Crippen LogP contribution in [0, 0.1) is 17.3 Å². The lowest BCUT2D eigenvalue weighted by Gasteiger charge is -2.54. The number of nitrogens with zero attached hydrogens (tertiary/aromatic N) is 3. The summed E-state index contributed by atoms with van der Waals surface area (Å²) < 4.78 is 0. The molecule has 1 aromatic heterocycles.